The fraction of sp³-hybridized carbons (Fsp3) is 1.00. The van der Waals surface area contributed by atoms with Gasteiger partial charge in [-0.05, 0) is 0 Å². The van der Waals surface area contributed by atoms with Gasteiger partial charge in [0.2, 0.25) is 0 Å². The molecule has 0 heterocycles. The number of rotatable bonds is 6. The third-order valence-electron chi connectivity index (χ3n) is 2.21. The van der Waals surface area contributed by atoms with E-state index in [2.05, 4.69) is 0 Å². The molecule has 0 aliphatic rings. The average Bonchev–Trinajstić information content (AvgIpc) is 2.25. The Morgan fingerprint density at radius 3 is 1.43 bits per heavy atom. The number of hydrogen-bond acceptors (Lipinski definition) is 1. The lowest BCUT2D eigenvalue weighted by Gasteiger charge is -2.37. The monoisotopic (exact) mass is 346 g/mol. The molecule has 0 spiro atoms. The first-order chi connectivity index (χ1) is 8.96. The van der Waals surface area contributed by atoms with E-state index in [0.717, 1.165) is 0 Å². The molecule has 0 saturated heterocycles. The molecule has 0 fully saturated rings. The van der Waals surface area contributed by atoms with E-state index in [-0.39, 0.29) is 6.92 Å². The number of halogens is 12. The molecule has 128 valence electrons. The predicted octanol–water partition coefficient (Wildman–Crippen LogP) is 4.77. The number of ether oxygens (including phenoxy) is 1. The maximum Gasteiger partial charge on any atom is 0.455 e. The van der Waals surface area contributed by atoms with Gasteiger partial charge in [-0.2, -0.15) is 43.9 Å². The van der Waals surface area contributed by atoms with Crippen LogP contribution in [0.2, 0.25) is 0 Å². The van der Waals surface area contributed by atoms with Crippen LogP contribution in [0, 0.1) is 0 Å². The molecule has 1 unspecified atom stereocenters. The van der Waals surface area contributed by atoms with E-state index in [1.807, 2.05) is 4.74 Å². The number of alkyl halides is 12. The van der Waals surface area contributed by atoms with Crippen LogP contribution in [0.25, 0.3) is 0 Å². The summed E-state index contributed by atoms with van der Waals surface area (Å²) in [7, 11) is 0. The Morgan fingerprint density at radius 1 is 0.810 bits per heavy atom. The summed E-state index contributed by atoms with van der Waals surface area (Å²) in [5.74, 6) is -18.9. The summed E-state index contributed by atoms with van der Waals surface area (Å²) in [5.41, 5.74) is 0. The highest BCUT2D eigenvalue weighted by Crippen LogP contribution is 2.53. The third-order valence-corrected chi connectivity index (χ3v) is 2.21. The van der Waals surface area contributed by atoms with Gasteiger partial charge in [0.15, 0.2) is 0 Å². The molecule has 0 aliphatic heterocycles. The quantitative estimate of drug-likeness (QED) is 0.630. The molecule has 1 atom stereocenters. The molecule has 0 N–H and O–H groups in total. The van der Waals surface area contributed by atoms with Crippen LogP contribution in [-0.2, 0) is 4.74 Å². The largest absolute Gasteiger partial charge is 0.455 e. The lowest BCUT2D eigenvalue weighted by Crippen LogP contribution is -2.63. The zero-order chi connectivity index (χ0) is 17.5. The Hall–Kier alpha value is -0.880. The molecule has 0 aromatic heterocycles. The molecule has 0 aromatic carbocycles. The van der Waals surface area contributed by atoms with Crippen LogP contribution in [0.1, 0.15) is 13.3 Å². The average molecular weight is 346 g/mol. The zero-order valence-corrected chi connectivity index (χ0v) is 9.73. The normalized spacial score (nSPS) is 18.0. The molecule has 0 saturated carbocycles. The second-order valence-corrected chi connectivity index (χ2v) is 3.69. The first-order valence-electron chi connectivity index (χ1n) is 4.83. The van der Waals surface area contributed by atoms with Gasteiger partial charge >= 0.3 is 36.4 Å². The van der Waals surface area contributed by atoms with Crippen molar-refractivity contribution in [2.45, 2.75) is 49.8 Å². The lowest BCUT2D eigenvalue weighted by atomic mass is 10.1. The van der Waals surface area contributed by atoms with Crippen LogP contribution in [0.4, 0.5) is 52.7 Å². The van der Waals surface area contributed by atoms with Crippen molar-refractivity contribution < 1.29 is 57.4 Å². The molecule has 0 radical (unpaired) electrons. The SMILES string of the molecule is CCC(F)(F)C(F)(OC(F)(F)C(F)(F)C(F)F)C(F)(F)F. The van der Waals surface area contributed by atoms with Gasteiger partial charge in [-0.1, -0.05) is 6.92 Å². The number of hydrogen-bond donors (Lipinski definition) is 0. The Morgan fingerprint density at radius 2 is 1.19 bits per heavy atom. The summed E-state index contributed by atoms with van der Waals surface area (Å²) in [6.07, 6.45) is -21.1. The minimum atomic E-state index is -6.89. The van der Waals surface area contributed by atoms with Crippen molar-refractivity contribution in [1.29, 1.82) is 0 Å². The summed E-state index contributed by atoms with van der Waals surface area (Å²) < 4.78 is 150. The molecule has 0 bridgehead atoms. The fourth-order valence-corrected chi connectivity index (χ4v) is 0.939. The molecule has 0 amide bonds. The lowest BCUT2D eigenvalue weighted by molar-refractivity contribution is -0.493. The van der Waals surface area contributed by atoms with Gasteiger partial charge in [0.25, 0.3) is 0 Å². The van der Waals surface area contributed by atoms with Crippen LogP contribution in [0.15, 0.2) is 0 Å². The minimum Gasteiger partial charge on any atom is -0.265 e. The minimum absolute atomic E-state index is 0.201. The molecule has 0 aromatic rings. The van der Waals surface area contributed by atoms with Crippen molar-refractivity contribution in [2.75, 3.05) is 0 Å². The molecule has 13 heteroatoms. The van der Waals surface area contributed by atoms with Crippen LogP contribution in [0.3, 0.4) is 0 Å². The highest BCUT2D eigenvalue weighted by molar-refractivity contribution is 4.94. The maximum atomic E-state index is 13.2. The standard InChI is InChI=1S/C8H6F12O/c1-2-4(11,12)6(15,7(16,17)18)21-8(19,20)5(13,14)3(9)10/h3H,2H2,1H3. The van der Waals surface area contributed by atoms with Crippen molar-refractivity contribution in [3.8, 4) is 0 Å². The van der Waals surface area contributed by atoms with Gasteiger partial charge in [0.05, 0.1) is 0 Å². The molecular weight excluding hydrogens is 340 g/mol. The summed E-state index contributed by atoms with van der Waals surface area (Å²) >= 11 is 0. The van der Waals surface area contributed by atoms with Crippen LogP contribution < -0.4 is 0 Å². The van der Waals surface area contributed by atoms with Gasteiger partial charge in [0.1, 0.15) is 0 Å². The van der Waals surface area contributed by atoms with Crippen molar-refractivity contribution >= 4 is 0 Å². The Bertz CT molecular complexity index is 361. The highest BCUT2D eigenvalue weighted by atomic mass is 19.4. The zero-order valence-electron chi connectivity index (χ0n) is 9.73. The van der Waals surface area contributed by atoms with Crippen LogP contribution >= 0.6 is 0 Å². The van der Waals surface area contributed by atoms with Crippen molar-refractivity contribution in [1.82, 2.24) is 0 Å². The summed E-state index contributed by atoms with van der Waals surface area (Å²) in [6.45, 7) is 0.201. The Balaban J connectivity index is 5.86. The van der Waals surface area contributed by atoms with E-state index in [9.17, 15) is 52.7 Å². The second-order valence-electron chi connectivity index (χ2n) is 3.69. The summed E-state index contributed by atoms with van der Waals surface area (Å²) in [6, 6.07) is 0. The topological polar surface area (TPSA) is 9.23 Å². The molecular formula is C8H6F12O. The molecule has 0 rings (SSSR count). The van der Waals surface area contributed by atoms with Crippen molar-refractivity contribution in [3.63, 3.8) is 0 Å². The van der Waals surface area contributed by atoms with Crippen LogP contribution in [0.5, 0.6) is 0 Å². The van der Waals surface area contributed by atoms with E-state index in [0.29, 0.717) is 0 Å². The van der Waals surface area contributed by atoms with Gasteiger partial charge < -0.3 is 0 Å². The second kappa shape index (κ2) is 5.39. The molecule has 0 aliphatic carbocycles. The van der Waals surface area contributed by atoms with E-state index in [1.165, 1.54) is 0 Å². The van der Waals surface area contributed by atoms with E-state index in [1.54, 1.807) is 0 Å². The predicted molar refractivity (Wildman–Crippen MR) is 42.1 cm³/mol. The first-order valence-corrected chi connectivity index (χ1v) is 4.83. The first kappa shape index (κ1) is 20.1. The fourth-order valence-electron chi connectivity index (χ4n) is 0.939. The van der Waals surface area contributed by atoms with Gasteiger partial charge in [-0.25, -0.2) is 8.78 Å². The Kier molecular flexibility index (Phi) is 5.17. The van der Waals surface area contributed by atoms with Crippen molar-refractivity contribution in [3.05, 3.63) is 0 Å². The molecule has 21 heavy (non-hydrogen) atoms. The Labute approximate surface area is 108 Å². The van der Waals surface area contributed by atoms with Crippen molar-refractivity contribution in [2.24, 2.45) is 0 Å². The summed E-state index contributed by atoms with van der Waals surface area (Å²) in [5, 5.41) is 0. The van der Waals surface area contributed by atoms with E-state index >= 15 is 0 Å². The highest BCUT2D eigenvalue weighted by Gasteiger charge is 2.78. The van der Waals surface area contributed by atoms with Gasteiger partial charge in [-0.15, -0.1) is 0 Å². The summed E-state index contributed by atoms with van der Waals surface area (Å²) in [4.78, 5) is 0. The van der Waals surface area contributed by atoms with E-state index in [4.69, 9.17) is 0 Å². The van der Waals surface area contributed by atoms with Gasteiger partial charge in [-0.3, -0.25) is 4.74 Å². The van der Waals surface area contributed by atoms with Crippen LogP contribution in [-0.4, -0.2) is 36.4 Å². The molecule has 1 nitrogen and oxygen atoms in total. The third kappa shape index (κ3) is 3.31. The van der Waals surface area contributed by atoms with Gasteiger partial charge in [0, 0.05) is 6.42 Å². The maximum absolute atomic E-state index is 13.2. The van der Waals surface area contributed by atoms with E-state index < -0.39 is 42.8 Å². The smallest absolute Gasteiger partial charge is 0.265 e.